The predicted octanol–water partition coefficient (Wildman–Crippen LogP) is 3.38. The highest BCUT2D eigenvalue weighted by Crippen LogP contribution is 2.33. The minimum absolute atomic E-state index is 0.202. The maximum Gasteiger partial charge on any atom is 0.0696 e. The van der Waals surface area contributed by atoms with Crippen molar-refractivity contribution in [1.29, 1.82) is 0 Å². The molecule has 0 radical (unpaired) electrons. The van der Waals surface area contributed by atoms with E-state index in [1.807, 2.05) is 0 Å². The second-order valence-corrected chi connectivity index (χ2v) is 8.12. The maximum atomic E-state index is 10.7. The largest absolute Gasteiger partial charge is 0.392 e. The molecule has 2 aliphatic rings. The van der Waals surface area contributed by atoms with Gasteiger partial charge in [0.2, 0.25) is 0 Å². The number of aromatic amines is 1. The van der Waals surface area contributed by atoms with Gasteiger partial charge in [0.1, 0.15) is 0 Å². The summed E-state index contributed by atoms with van der Waals surface area (Å²) in [7, 11) is 0. The first-order chi connectivity index (χ1) is 12.7. The van der Waals surface area contributed by atoms with E-state index in [0.717, 1.165) is 45.6 Å². The van der Waals surface area contributed by atoms with Crippen molar-refractivity contribution in [2.75, 3.05) is 32.7 Å². The van der Waals surface area contributed by atoms with Crippen molar-refractivity contribution in [3.05, 3.63) is 36.0 Å². The van der Waals surface area contributed by atoms with Gasteiger partial charge in [-0.05, 0) is 62.2 Å². The number of piperidine rings is 2. The van der Waals surface area contributed by atoms with E-state index < -0.39 is 0 Å². The molecule has 2 aliphatic heterocycles. The number of H-pyrrole nitrogens is 1. The molecule has 140 valence electrons. The smallest absolute Gasteiger partial charge is 0.0696 e. The Kier molecular flexibility index (Phi) is 5.57. The molecular formula is C21H29N3OS. The number of hydrogen-bond donors (Lipinski definition) is 2. The second-order valence-electron chi connectivity index (χ2n) is 7.91. The van der Waals surface area contributed by atoms with E-state index >= 15 is 0 Å². The number of aromatic nitrogens is 1. The van der Waals surface area contributed by atoms with Gasteiger partial charge in [-0.1, -0.05) is 30.4 Å². The standard InChI is InChI=1S/C21H29N3OS/c25-21(17-7-11-24(15-26)12-8-17)14-23-9-5-16(6-10-23)19-13-22-20-4-2-1-3-18(19)20/h1-4,13,15-17,21-22,25H,5-12,14H2. The first-order valence-electron chi connectivity index (χ1n) is 9.90. The van der Waals surface area contributed by atoms with Gasteiger partial charge in [0.05, 0.1) is 11.6 Å². The molecule has 0 saturated carbocycles. The normalized spacial score (nSPS) is 22.0. The molecule has 3 heterocycles. The molecule has 5 heteroatoms. The molecule has 0 amide bonds. The SMILES string of the molecule is OC(CN1CCC(c2c[nH]c3ccccc23)CC1)C1CCN(C=S)CC1. The lowest BCUT2D eigenvalue weighted by Crippen LogP contribution is -2.44. The molecule has 1 unspecified atom stereocenters. The van der Waals surface area contributed by atoms with Gasteiger partial charge < -0.3 is 19.9 Å². The Morgan fingerprint density at radius 2 is 1.85 bits per heavy atom. The van der Waals surface area contributed by atoms with E-state index in [0.29, 0.717) is 11.8 Å². The Hall–Kier alpha value is -1.43. The number of nitrogens with one attached hydrogen (secondary N) is 1. The topological polar surface area (TPSA) is 42.5 Å². The van der Waals surface area contributed by atoms with Gasteiger partial charge in [0.25, 0.3) is 0 Å². The molecular weight excluding hydrogens is 342 g/mol. The average Bonchev–Trinajstić information content (AvgIpc) is 3.13. The van der Waals surface area contributed by atoms with Crippen molar-refractivity contribution in [1.82, 2.24) is 14.8 Å². The van der Waals surface area contributed by atoms with E-state index in [9.17, 15) is 5.11 Å². The lowest BCUT2D eigenvalue weighted by atomic mass is 9.87. The fraction of sp³-hybridized carbons (Fsp3) is 0.571. The van der Waals surface area contributed by atoms with Gasteiger partial charge >= 0.3 is 0 Å². The van der Waals surface area contributed by atoms with Gasteiger partial charge in [-0.3, -0.25) is 0 Å². The van der Waals surface area contributed by atoms with Crippen LogP contribution >= 0.6 is 12.2 Å². The van der Waals surface area contributed by atoms with Crippen LogP contribution in [0.4, 0.5) is 0 Å². The Bertz CT molecular complexity index is 730. The van der Waals surface area contributed by atoms with Gasteiger partial charge in [0.15, 0.2) is 0 Å². The van der Waals surface area contributed by atoms with Crippen LogP contribution in [-0.4, -0.2) is 64.2 Å². The third-order valence-electron chi connectivity index (χ3n) is 6.36. The molecule has 1 aromatic carbocycles. The van der Waals surface area contributed by atoms with Crippen molar-refractivity contribution >= 4 is 28.6 Å². The highest BCUT2D eigenvalue weighted by molar-refractivity contribution is 7.78. The fourth-order valence-electron chi connectivity index (χ4n) is 4.68. The summed E-state index contributed by atoms with van der Waals surface area (Å²) >= 11 is 5.01. The molecule has 0 aliphatic carbocycles. The van der Waals surface area contributed by atoms with Gasteiger partial charge in [-0.2, -0.15) is 0 Å². The van der Waals surface area contributed by atoms with Crippen molar-refractivity contribution in [2.24, 2.45) is 5.92 Å². The lowest BCUT2D eigenvalue weighted by Gasteiger charge is -2.37. The summed E-state index contributed by atoms with van der Waals surface area (Å²) in [5.74, 6) is 1.05. The quantitative estimate of drug-likeness (QED) is 0.791. The number of rotatable bonds is 5. The fourth-order valence-corrected chi connectivity index (χ4v) is 4.89. The van der Waals surface area contributed by atoms with Gasteiger partial charge in [-0.25, -0.2) is 0 Å². The van der Waals surface area contributed by atoms with E-state index in [1.165, 1.54) is 29.3 Å². The summed E-state index contributed by atoms with van der Waals surface area (Å²) in [5, 5.41) is 12.0. The molecule has 2 saturated heterocycles. The average molecular weight is 372 g/mol. The first kappa shape index (κ1) is 18.0. The number of benzene rings is 1. The molecule has 2 fully saturated rings. The number of likely N-dealkylation sites (tertiary alicyclic amines) is 2. The monoisotopic (exact) mass is 371 g/mol. The molecule has 4 nitrogen and oxygen atoms in total. The summed E-state index contributed by atoms with van der Waals surface area (Å²) in [4.78, 5) is 8.06. The molecule has 1 atom stereocenters. The highest BCUT2D eigenvalue weighted by Gasteiger charge is 2.28. The van der Waals surface area contributed by atoms with Crippen LogP contribution in [0.1, 0.15) is 37.2 Å². The zero-order chi connectivity index (χ0) is 17.9. The number of aliphatic hydroxyl groups is 1. The van der Waals surface area contributed by atoms with Crippen LogP contribution in [0, 0.1) is 5.92 Å². The van der Waals surface area contributed by atoms with Crippen LogP contribution < -0.4 is 0 Å². The molecule has 2 N–H and O–H groups in total. The number of aliphatic hydroxyl groups excluding tert-OH is 1. The summed E-state index contributed by atoms with van der Waals surface area (Å²) in [6.45, 7) is 4.98. The third-order valence-corrected chi connectivity index (χ3v) is 6.66. The molecule has 0 spiro atoms. The van der Waals surface area contributed by atoms with Crippen LogP contribution in [0.15, 0.2) is 30.5 Å². The Morgan fingerprint density at radius 3 is 2.58 bits per heavy atom. The number of hydrogen-bond acceptors (Lipinski definition) is 3. The zero-order valence-electron chi connectivity index (χ0n) is 15.3. The number of para-hydroxylation sites is 1. The molecule has 2 aromatic rings. The number of nitrogens with zero attached hydrogens (tertiary/aromatic N) is 2. The molecule has 4 rings (SSSR count). The minimum Gasteiger partial charge on any atom is -0.392 e. The van der Waals surface area contributed by atoms with Crippen LogP contribution in [-0.2, 0) is 0 Å². The second kappa shape index (κ2) is 8.07. The van der Waals surface area contributed by atoms with Crippen LogP contribution in [0.3, 0.4) is 0 Å². The Morgan fingerprint density at radius 1 is 1.12 bits per heavy atom. The zero-order valence-corrected chi connectivity index (χ0v) is 16.1. The van der Waals surface area contributed by atoms with E-state index in [2.05, 4.69) is 45.2 Å². The van der Waals surface area contributed by atoms with Crippen LogP contribution in [0.5, 0.6) is 0 Å². The van der Waals surface area contributed by atoms with Gasteiger partial charge in [-0.15, -0.1) is 0 Å². The van der Waals surface area contributed by atoms with Crippen molar-refractivity contribution in [2.45, 2.75) is 37.7 Å². The van der Waals surface area contributed by atoms with E-state index in [-0.39, 0.29) is 6.10 Å². The lowest BCUT2D eigenvalue weighted by molar-refractivity contribution is 0.0348. The Labute approximate surface area is 161 Å². The van der Waals surface area contributed by atoms with Crippen LogP contribution in [0.2, 0.25) is 0 Å². The number of β-amino-alcohol motifs (C(OH)–C–C–N with tert-alkyl or cyclic N) is 1. The number of fused-ring (bicyclic) bond motifs is 1. The Balaban J connectivity index is 1.29. The third kappa shape index (κ3) is 3.80. The molecule has 1 aromatic heterocycles. The minimum atomic E-state index is -0.202. The predicted molar refractivity (Wildman–Crippen MR) is 111 cm³/mol. The summed E-state index contributed by atoms with van der Waals surface area (Å²) < 4.78 is 0. The van der Waals surface area contributed by atoms with Crippen molar-refractivity contribution in [3.63, 3.8) is 0 Å². The van der Waals surface area contributed by atoms with E-state index in [4.69, 9.17) is 12.2 Å². The molecule has 0 bridgehead atoms. The van der Waals surface area contributed by atoms with Crippen molar-refractivity contribution < 1.29 is 5.11 Å². The summed E-state index contributed by atoms with van der Waals surface area (Å²) in [5.41, 5.74) is 4.47. The van der Waals surface area contributed by atoms with E-state index in [1.54, 1.807) is 5.49 Å². The molecule has 26 heavy (non-hydrogen) atoms. The van der Waals surface area contributed by atoms with Crippen LogP contribution in [0.25, 0.3) is 10.9 Å². The maximum absolute atomic E-state index is 10.7. The highest BCUT2D eigenvalue weighted by atomic mass is 32.1. The number of thiocarbonyl (C=S) groups is 1. The summed E-state index contributed by atoms with van der Waals surface area (Å²) in [6.07, 6.45) is 6.46. The summed E-state index contributed by atoms with van der Waals surface area (Å²) in [6, 6.07) is 8.59. The van der Waals surface area contributed by atoms with Crippen molar-refractivity contribution in [3.8, 4) is 0 Å². The van der Waals surface area contributed by atoms with Gasteiger partial charge in [0, 0.05) is 36.7 Å². The first-order valence-corrected chi connectivity index (χ1v) is 10.4.